The Hall–Kier alpha value is -1.96. The first kappa shape index (κ1) is 10.6. The summed E-state index contributed by atoms with van der Waals surface area (Å²) in [5.41, 5.74) is 2.77. The van der Waals surface area contributed by atoms with Gasteiger partial charge in [-0.2, -0.15) is 0 Å². The molecule has 2 N–H and O–H groups in total. The van der Waals surface area contributed by atoms with E-state index in [1.54, 1.807) is 24.3 Å². The zero-order valence-corrected chi connectivity index (χ0v) is 9.06. The van der Waals surface area contributed by atoms with E-state index in [1.165, 1.54) is 17.7 Å². The lowest BCUT2D eigenvalue weighted by Gasteiger charge is -1.94. The average molecular weight is 213 g/mol. The van der Waals surface area contributed by atoms with Crippen LogP contribution in [-0.2, 0) is 6.42 Å². The molecule has 1 aliphatic rings. The minimum atomic E-state index is 0.322. The summed E-state index contributed by atoms with van der Waals surface area (Å²) in [5.74, 6) is 0.322. The molecule has 3 rings (SSSR count). The standard InChI is InChI=1S/C8H9N.C6H6O/c1-2-4-8-7(3-1)5-6-9-8;7-6-4-2-1-3-5-6/h1-4,9H,5-6H2;1-5,7H. The van der Waals surface area contributed by atoms with E-state index in [1.807, 2.05) is 6.07 Å². The second kappa shape index (κ2) is 5.21. The zero-order valence-electron chi connectivity index (χ0n) is 9.06. The topological polar surface area (TPSA) is 32.3 Å². The highest BCUT2D eigenvalue weighted by Gasteiger charge is 2.05. The smallest absolute Gasteiger partial charge is 0.115 e. The Kier molecular flexibility index (Phi) is 3.44. The molecule has 0 fully saturated rings. The van der Waals surface area contributed by atoms with Crippen LogP contribution in [0.25, 0.3) is 0 Å². The van der Waals surface area contributed by atoms with Gasteiger partial charge in [-0.1, -0.05) is 36.4 Å². The van der Waals surface area contributed by atoms with E-state index in [9.17, 15) is 0 Å². The number of fused-ring (bicyclic) bond motifs is 1. The molecular weight excluding hydrogens is 198 g/mol. The number of phenols is 1. The second-order valence-electron chi connectivity index (χ2n) is 3.67. The van der Waals surface area contributed by atoms with Crippen LogP contribution >= 0.6 is 0 Å². The molecule has 0 saturated carbocycles. The molecule has 0 saturated heterocycles. The van der Waals surface area contributed by atoms with Crippen molar-refractivity contribution in [3.8, 4) is 5.75 Å². The Labute approximate surface area is 95.6 Å². The Morgan fingerprint density at radius 2 is 1.56 bits per heavy atom. The molecule has 0 aromatic heterocycles. The molecule has 2 aromatic rings. The Bertz CT molecular complexity index is 416. The van der Waals surface area contributed by atoms with Gasteiger partial charge in [-0.25, -0.2) is 0 Å². The predicted molar refractivity (Wildman–Crippen MR) is 66.7 cm³/mol. The Morgan fingerprint density at radius 1 is 0.875 bits per heavy atom. The molecular formula is C14H15NO. The van der Waals surface area contributed by atoms with Gasteiger partial charge in [0.2, 0.25) is 0 Å². The third-order valence-electron chi connectivity index (χ3n) is 2.48. The summed E-state index contributed by atoms with van der Waals surface area (Å²) in [7, 11) is 0. The number of benzene rings is 2. The van der Waals surface area contributed by atoms with Gasteiger partial charge in [0.15, 0.2) is 0 Å². The van der Waals surface area contributed by atoms with Gasteiger partial charge in [0, 0.05) is 12.2 Å². The molecule has 0 atom stereocenters. The number of nitrogens with one attached hydrogen (secondary N) is 1. The molecule has 1 heterocycles. The third kappa shape index (κ3) is 2.76. The van der Waals surface area contributed by atoms with Crippen molar-refractivity contribution in [2.45, 2.75) is 6.42 Å². The zero-order chi connectivity index (χ0) is 11.2. The first-order valence-electron chi connectivity index (χ1n) is 5.42. The Balaban J connectivity index is 0.000000125. The summed E-state index contributed by atoms with van der Waals surface area (Å²) in [6.45, 7) is 1.11. The number of rotatable bonds is 0. The summed E-state index contributed by atoms with van der Waals surface area (Å²) < 4.78 is 0. The minimum Gasteiger partial charge on any atom is -0.508 e. The van der Waals surface area contributed by atoms with E-state index < -0.39 is 0 Å². The van der Waals surface area contributed by atoms with Crippen molar-refractivity contribution in [3.63, 3.8) is 0 Å². The van der Waals surface area contributed by atoms with Crippen LogP contribution in [0.5, 0.6) is 5.75 Å². The van der Waals surface area contributed by atoms with E-state index in [-0.39, 0.29) is 0 Å². The molecule has 2 heteroatoms. The number of phenolic OH excluding ortho intramolecular Hbond substituents is 1. The lowest BCUT2D eigenvalue weighted by atomic mass is 10.2. The van der Waals surface area contributed by atoms with E-state index in [0.29, 0.717) is 5.75 Å². The maximum Gasteiger partial charge on any atom is 0.115 e. The highest BCUT2D eigenvalue weighted by molar-refractivity contribution is 5.54. The third-order valence-corrected chi connectivity index (χ3v) is 2.48. The fraction of sp³-hybridized carbons (Fsp3) is 0.143. The summed E-state index contributed by atoms with van der Waals surface area (Å²) in [4.78, 5) is 0. The Morgan fingerprint density at radius 3 is 2.19 bits per heavy atom. The number of para-hydroxylation sites is 2. The first-order chi connectivity index (χ1) is 7.86. The molecule has 0 aliphatic carbocycles. The predicted octanol–water partition coefficient (Wildman–Crippen LogP) is 3.05. The number of hydrogen-bond acceptors (Lipinski definition) is 2. The SMILES string of the molecule is Oc1ccccc1.c1ccc2c(c1)CCN2. The second-order valence-corrected chi connectivity index (χ2v) is 3.67. The van der Waals surface area contributed by atoms with Crippen molar-refractivity contribution in [2.24, 2.45) is 0 Å². The molecule has 0 unspecified atom stereocenters. The maximum absolute atomic E-state index is 8.63. The van der Waals surface area contributed by atoms with Crippen molar-refractivity contribution in [1.82, 2.24) is 0 Å². The van der Waals surface area contributed by atoms with Gasteiger partial charge in [0.05, 0.1) is 0 Å². The molecule has 2 nitrogen and oxygen atoms in total. The molecule has 2 aromatic carbocycles. The summed E-state index contributed by atoms with van der Waals surface area (Å²) >= 11 is 0. The number of hydrogen-bond donors (Lipinski definition) is 2. The number of anilines is 1. The summed E-state index contributed by atoms with van der Waals surface area (Å²) in [5, 5.41) is 11.9. The van der Waals surface area contributed by atoms with Gasteiger partial charge in [0.1, 0.15) is 5.75 Å². The largest absolute Gasteiger partial charge is 0.508 e. The van der Waals surface area contributed by atoms with Crippen molar-refractivity contribution >= 4 is 5.69 Å². The first-order valence-corrected chi connectivity index (χ1v) is 5.42. The van der Waals surface area contributed by atoms with Crippen molar-refractivity contribution in [2.75, 3.05) is 11.9 Å². The van der Waals surface area contributed by atoms with Crippen LogP contribution in [0.3, 0.4) is 0 Å². The van der Waals surface area contributed by atoms with Crippen LogP contribution in [-0.4, -0.2) is 11.7 Å². The van der Waals surface area contributed by atoms with Crippen LogP contribution in [0.2, 0.25) is 0 Å². The van der Waals surface area contributed by atoms with Crippen molar-refractivity contribution in [3.05, 3.63) is 60.2 Å². The van der Waals surface area contributed by atoms with Gasteiger partial charge in [-0.15, -0.1) is 0 Å². The quantitative estimate of drug-likeness (QED) is 0.705. The van der Waals surface area contributed by atoms with Crippen LogP contribution in [0, 0.1) is 0 Å². The highest BCUT2D eigenvalue weighted by atomic mass is 16.3. The molecule has 0 radical (unpaired) electrons. The molecule has 0 bridgehead atoms. The summed E-state index contributed by atoms with van der Waals surface area (Å²) in [6, 6.07) is 17.2. The minimum absolute atomic E-state index is 0.322. The molecule has 0 amide bonds. The van der Waals surface area contributed by atoms with E-state index in [0.717, 1.165) is 6.54 Å². The van der Waals surface area contributed by atoms with Gasteiger partial charge in [0.25, 0.3) is 0 Å². The van der Waals surface area contributed by atoms with Crippen LogP contribution < -0.4 is 5.32 Å². The molecule has 0 spiro atoms. The average Bonchev–Trinajstić information content (AvgIpc) is 2.79. The molecule has 82 valence electrons. The fourth-order valence-corrected chi connectivity index (χ4v) is 1.67. The van der Waals surface area contributed by atoms with Crippen LogP contribution in [0.4, 0.5) is 5.69 Å². The fourth-order valence-electron chi connectivity index (χ4n) is 1.67. The normalized spacial score (nSPS) is 12.0. The van der Waals surface area contributed by atoms with Crippen LogP contribution in [0.1, 0.15) is 5.56 Å². The van der Waals surface area contributed by atoms with Gasteiger partial charge >= 0.3 is 0 Å². The monoisotopic (exact) mass is 213 g/mol. The summed E-state index contributed by atoms with van der Waals surface area (Å²) in [6.07, 6.45) is 1.19. The highest BCUT2D eigenvalue weighted by Crippen LogP contribution is 2.19. The van der Waals surface area contributed by atoms with Gasteiger partial charge in [-0.05, 0) is 30.2 Å². The van der Waals surface area contributed by atoms with Crippen molar-refractivity contribution < 1.29 is 5.11 Å². The lowest BCUT2D eigenvalue weighted by Crippen LogP contribution is -1.90. The lowest BCUT2D eigenvalue weighted by molar-refractivity contribution is 0.475. The van der Waals surface area contributed by atoms with Crippen molar-refractivity contribution in [1.29, 1.82) is 0 Å². The molecule has 1 aliphatic heterocycles. The van der Waals surface area contributed by atoms with E-state index in [4.69, 9.17) is 5.11 Å². The van der Waals surface area contributed by atoms with Crippen LogP contribution in [0.15, 0.2) is 54.6 Å². The van der Waals surface area contributed by atoms with E-state index >= 15 is 0 Å². The molecule has 16 heavy (non-hydrogen) atoms. The van der Waals surface area contributed by atoms with Gasteiger partial charge in [-0.3, -0.25) is 0 Å². The maximum atomic E-state index is 8.63. The van der Waals surface area contributed by atoms with Gasteiger partial charge < -0.3 is 10.4 Å². The van der Waals surface area contributed by atoms with E-state index in [2.05, 4.69) is 29.6 Å². The number of aromatic hydroxyl groups is 1.